The number of nitrogens with one attached hydrogen (secondary N) is 2. The fourth-order valence-corrected chi connectivity index (χ4v) is 4.22. The van der Waals surface area contributed by atoms with Crippen molar-refractivity contribution in [1.82, 2.24) is 10.2 Å². The van der Waals surface area contributed by atoms with Gasteiger partial charge in [-0.05, 0) is 42.2 Å². The summed E-state index contributed by atoms with van der Waals surface area (Å²) in [4.78, 5) is 27.4. The Balaban J connectivity index is 1.53. The molecule has 1 unspecified atom stereocenters. The van der Waals surface area contributed by atoms with Crippen LogP contribution in [-0.4, -0.2) is 53.9 Å². The van der Waals surface area contributed by atoms with Gasteiger partial charge < -0.3 is 20.0 Å². The molecule has 2 heterocycles. The Morgan fingerprint density at radius 1 is 1.14 bits per heavy atom. The zero-order valence-electron chi connectivity index (χ0n) is 17.0. The summed E-state index contributed by atoms with van der Waals surface area (Å²) in [5.74, 6) is 1.95. The van der Waals surface area contributed by atoms with Crippen molar-refractivity contribution in [3.63, 3.8) is 0 Å². The Bertz CT molecular complexity index is 784. The van der Waals surface area contributed by atoms with Crippen molar-refractivity contribution in [2.45, 2.75) is 26.3 Å². The zero-order chi connectivity index (χ0) is 20.6. The van der Waals surface area contributed by atoms with Crippen LogP contribution in [0.1, 0.15) is 30.0 Å². The molecule has 156 valence electrons. The van der Waals surface area contributed by atoms with Gasteiger partial charge in [0.15, 0.2) is 5.76 Å². The van der Waals surface area contributed by atoms with Crippen molar-refractivity contribution < 1.29 is 14.0 Å². The zero-order valence-corrected chi connectivity index (χ0v) is 17.8. The van der Waals surface area contributed by atoms with Gasteiger partial charge in [0, 0.05) is 36.8 Å². The quantitative estimate of drug-likeness (QED) is 0.692. The van der Waals surface area contributed by atoms with Crippen molar-refractivity contribution in [2.24, 2.45) is 5.92 Å². The highest BCUT2D eigenvalue weighted by Gasteiger charge is 2.25. The maximum absolute atomic E-state index is 12.7. The summed E-state index contributed by atoms with van der Waals surface area (Å²) in [6.07, 6.45) is 2.44. The number of benzene rings is 1. The summed E-state index contributed by atoms with van der Waals surface area (Å²) in [5.41, 5.74) is 1.98. The highest BCUT2D eigenvalue weighted by molar-refractivity contribution is 7.99. The van der Waals surface area contributed by atoms with Gasteiger partial charge in [0.2, 0.25) is 5.91 Å². The standard InChI is InChI=1S/C22H29N3O3S/c1-16(2)20(24-21(26)19-4-3-13-28-19)22(27)23-18-7-5-17(6-8-18)9-10-25-11-14-29-15-12-25/h3-8,13,16,20H,9-12,14-15H2,1-2H3,(H,23,27)(H,24,26). The Morgan fingerprint density at radius 3 is 2.48 bits per heavy atom. The molecule has 6 nitrogen and oxygen atoms in total. The normalized spacial score (nSPS) is 15.8. The van der Waals surface area contributed by atoms with Crippen LogP contribution in [0, 0.1) is 5.92 Å². The summed E-state index contributed by atoms with van der Waals surface area (Å²) in [5, 5.41) is 5.66. The van der Waals surface area contributed by atoms with Gasteiger partial charge in [0.05, 0.1) is 6.26 Å². The average molecular weight is 416 g/mol. The molecule has 1 aromatic carbocycles. The third-order valence-electron chi connectivity index (χ3n) is 5.02. The lowest BCUT2D eigenvalue weighted by atomic mass is 10.0. The Hall–Kier alpha value is -2.25. The van der Waals surface area contributed by atoms with E-state index < -0.39 is 11.9 Å². The summed E-state index contributed by atoms with van der Waals surface area (Å²) in [6.45, 7) is 7.20. The molecule has 0 radical (unpaired) electrons. The first-order valence-electron chi connectivity index (χ1n) is 10.1. The number of carbonyl (C=O) groups is 2. The van der Waals surface area contributed by atoms with Crippen LogP contribution in [0.3, 0.4) is 0 Å². The van der Waals surface area contributed by atoms with Gasteiger partial charge in [-0.2, -0.15) is 11.8 Å². The lowest BCUT2D eigenvalue weighted by Gasteiger charge is -2.26. The lowest BCUT2D eigenvalue weighted by molar-refractivity contribution is -0.118. The van der Waals surface area contributed by atoms with Gasteiger partial charge in [-0.15, -0.1) is 0 Å². The van der Waals surface area contributed by atoms with Crippen molar-refractivity contribution >= 4 is 29.3 Å². The summed E-state index contributed by atoms with van der Waals surface area (Å²) in [6, 6.07) is 10.5. The molecule has 1 atom stereocenters. The minimum Gasteiger partial charge on any atom is -0.459 e. The largest absolute Gasteiger partial charge is 0.459 e. The first kappa shape index (κ1) is 21.5. The summed E-state index contributed by atoms with van der Waals surface area (Å²) in [7, 11) is 0. The number of hydrogen-bond donors (Lipinski definition) is 2. The molecule has 3 rings (SSSR count). The number of amides is 2. The number of rotatable bonds is 8. The van der Waals surface area contributed by atoms with E-state index in [-0.39, 0.29) is 17.6 Å². The van der Waals surface area contributed by atoms with E-state index in [0.717, 1.165) is 18.7 Å². The molecule has 0 saturated carbocycles. The average Bonchev–Trinajstić information content (AvgIpc) is 3.27. The molecule has 0 aliphatic carbocycles. The van der Waals surface area contributed by atoms with Gasteiger partial charge in [-0.1, -0.05) is 26.0 Å². The molecule has 1 aromatic heterocycles. The van der Waals surface area contributed by atoms with E-state index in [9.17, 15) is 9.59 Å². The lowest BCUT2D eigenvalue weighted by Crippen LogP contribution is -2.47. The van der Waals surface area contributed by atoms with Gasteiger partial charge in [-0.3, -0.25) is 9.59 Å². The minimum atomic E-state index is -0.649. The Kier molecular flexibility index (Phi) is 7.77. The van der Waals surface area contributed by atoms with Crippen LogP contribution in [0.15, 0.2) is 47.1 Å². The van der Waals surface area contributed by atoms with Crippen LogP contribution >= 0.6 is 11.8 Å². The molecular weight excluding hydrogens is 386 g/mol. The molecule has 1 saturated heterocycles. The number of hydrogen-bond acceptors (Lipinski definition) is 5. The molecular formula is C22H29N3O3S. The van der Waals surface area contributed by atoms with Crippen LogP contribution < -0.4 is 10.6 Å². The summed E-state index contributed by atoms with van der Waals surface area (Å²) < 4.78 is 5.11. The maximum Gasteiger partial charge on any atom is 0.287 e. The molecule has 1 fully saturated rings. The van der Waals surface area contributed by atoms with Crippen molar-refractivity contribution in [2.75, 3.05) is 36.5 Å². The van der Waals surface area contributed by atoms with Crippen molar-refractivity contribution in [1.29, 1.82) is 0 Å². The molecule has 2 aromatic rings. The Labute approximate surface area is 176 Å². The van der Waals surface area contributed by atoms with Crippen molar-refractivity contribution in [3.05, 3.63) is 54.0 Å². The number of anilines is 1. The second kappa shape index (κ2) is 10.5. The Morgan fingerprint density at radius 2 is 1.86 bits per heavy atom. The van der Waals surface area contributed by atoms with Crippen LogP contribution in [0.4, 0.5) is 5.69 Å². The van der Waals surface area contributed by atoms with E-state index in [1.54, 1.807) is 12.1 Å². The van der Waals surface area contributed by atoms with Crippen LogP contribution in [0.5, 0.6) is 0 Å². The first-order chi connectivity index (χ1) is 14.0. The fourth-order valence-electron chi connectivity index (χ4n) is 3.24. The van der Waals surface area contributed by atoms with Gasteiger partial charge in [0.25, 0.3) is 5.91 Å². The monoisotopic (exact) mass is 415 g/mol. The van der Waals surface area contributed by atoms with E-state index in [0.29, 0.717) is 0 Å². The fraction of sp³-hybridized carbons (Fsp3) is 0.455. The summed E-state index contributed by atoms with van der Waals surface area (Å²) >= 11 is 2.02. The predicted molar refractivity (Wildman–Crippen MR) is 117 cm³/mol. The minimum absolute atomic E-state index is 0.0594. The highest BCUT2D eigenvalue weighted by atomic mass is 32.2. The van der Waals surface area contributed by atoms with E-state index in [1.807, 2.05) is 37.7 Å². The van der Waals surface area contributed by atoms with E-state index >= 15 is 0 Å². The van der Waals surface area contributed by atoms with Crippen LogP contribution in [-0.2, 0) is 11.2 Å². The molecule has 7 heteroatoms. The SMILES string of the molecule is CC(C)C(NC(=O)c1ccco1)C(=O)Nc1ccc(CCN2CCSCC2)cc1. The number of furan rings is 1. The smallest absolute Gasteiger partial charge is 0.287 e. The third kappa shape index (κ3) is 6.37. The molecule has 0 bridgehead atoms. The van der Waals surface area contributed by atoms with Crippen LogP contribution in [0.25, 0.3) is 0 Å². The second-order valence-corrected chi connectivity index (χ2v) is 8.79. The number of thioether (sulfide) groups is 1. The van der Waals surface area contributed by atoms with E-state index in [2.05, 4.69) is 27.7 Å². The van der Waals surface area contributed by atoms with Crippen LogP contribution in [0.2, 0.25) is 0 Å². The van der Waals surface area contributed by atoms with Gasteiger partial charge in [0.1, 0.15) is 6.04 Å². The number of nitrogens with zero attached hydrogens (tertiary/aromatic N) is 1. The van der Waals surface area contributed by atoms with Gasteiger partial charge >= 0.3 is 0 Å². The maximum atomic E-state index is 12.7. The van der Waals surface area contributed by atoms with Crippen molar-refractivity contribution in [3.8, 4) is 0 Å². The first-order valence-corrected chi connectivity index (χ1v) is 11.2. The molecule has 2 N–H and O–H groups in total. The van der Waals surface area contributed by atoms with E-state index in [1.165, 1.54) is 36.4 Å². The molecule has 29 heavy (non-hydrogen) atoms. The topological polar surface area (TPSA) is 74.6 Å². The van der Waals surface area contributed by atoms with E-state index in [4.69, 9.17) is 4.42 Å². The third-order valence-corrected chi connectivity index (χ3v) is 5.97. The number of carbonyl (C=O) groups excluding carboxylic acids is 2. The van der Waals surface area contributed by atoms with Gasteiger partial charge in [-0.25, -0.2) is 0 Å². The predicted octanol–water partition coefficient (Wildman–Crippen LogP) is 3.26. The highest BCUT2D eigenvalue weighted by Crippen LogP contribution is 2.14. The molecule has 1 aliphatic rings. The molecule has 2 amide bonds. The second-order valence-electron chi connectivity index (χ2n) is 7.56. The molecule has 0 spiro atoms. The molecule has 1 aliphatic heterocycles.